The zero-order chi connectivity index (χ0) is 15.8. The molecule has 0 saturated carbocycles. The molecule has 0 bridgehead atoms. The summed E-state index contributed by atoms with van der Waals surface area (Å²) in [6, 6.07) is 8.01. The fraction of sp³-hybridized carbons (Fsp3) is 0.632. The minimum Gasteiger partial charge on any atom is -0.494 e. The highest BCUT2D eigenvalue weighted by Crippen LogP contribution is 2.36. The second-order valence-corrected chi connectivity index (χ2v) is 6.12. The molecule has 0 N–H and O–H groups in total. The molecule has 1 aromatic rings. The number of ether oxygens (including phenoxy) is 2. The molecule has 1 aromatic carbocycles. The van der Waals surface area contributed by atoms with Crippen LogP contribution in [0.2, 0.25) is 0 Å². The topological polar surface area (TPSA) is 35.5 Å². The lowest BCUT2D eigenvalue weighted by molar-refractivity contribution is -0.144. The first-order valence-electron chi connectivity index (χ1n) is 8.67. The summed E-state index contributed by atoms with van der Waals surface area (Å²) in [7, 11) is 0. The number of benzene rings is 1. The summed E-state index contributed by atoms with van der Waals surface area (Å²) in [6.07, 6.45) is 7.40. The molecule has 1 heterocycles. The van der Waals surface area contributed by atoms with Crippen LogP contribution in [0, 0.1) is 5.92 Å². The van der Waals surface area contributed by atoms with Crippen molar-refractivity contribution in [3.8, 4) is 5.75 Å². The minimum absolute atomic E-state index is 0.0293. The maximum Gasteiger partial charge on any atom is 0.309 e. The van der Waals surface area contributed by atoms with E-state index in [4.69, 9.17) is 9.47 Å². The Kier molecular flexibility index (Phi) is 6.75. The average Bonchev–Trinajstić information content (AvgIpc) is 2.91. The summed E-state index contributed by atoms with van der Waals surface area (Å²) in [4.78, 5) is 11.9. The van der Waals surface area contributed by atoms with Gasteiger partial charge in [0.1, 0.15) is 11.9 Å². The summed E-state index contributed by atoms with van der Waals surface area (Å²) in [6.45, 7) is 5.10. The highest BCUT2D eigenvalue weighted by Gasteiger charge is 2.34. The Morgan fingerprint density at radius 2 is 1.82 bits per heavy atom. The van der Waals surface area contributed by atoms with Gasteiger partial charge in [-0.1, -0.05) is 51.7 Å². The number of cyclic esters (lactones) is 1. The van der Waals surface area contributed by atoms with Gasteiger partial charge in [0, 0.05) is 6.42 Å². The lowest BCUT2D eigenvalue weighted by Gasteiger charge is -2.11. The molecule has 1 aliphatic rings. The van der Waals surface area contributed by atoms with Gasteiger partial charge in [0.15, 0.2) is 0 Å². The van der Waals surface area contributed by atoms with E-state index in [1.54, 1.807) is 0 Å². The third-order valence-electron chi connectivity index (χ3n) is 4.26. The molecule has 3 heteroatoms. The van der Waals surface area contributed by atoms with Crippen LogP contribution in [-0.2, 0) is 9.53 Å². The minimum atomic E-state index is -0.0801. The quantitative estimate of drug-likeness (QED) is 0.473. The summed E-state index contributed by atoms with van der Waals surface area (Å²) < 4.78 is 11.2. The highest BCUT2D eigenvalue weighted by molar-refractivity contribution is 5.74. The molecule has 0 spiro atoms. The molecule has 122 valence electrons. The van der Waals surface area contributed by atoms with Crippen LogP contribution >= 0.6 is 0 Å². The van der Waals surface area contributed by atoms with Crippen LogP contribution in [0.15, 0.2) is 24.3 Å². The second-order valence-electron chi connectivity index (χ2n) is 6.12. The van der Waals surface area contributed by atoms with E-state index in [9.17, 15) is 4.79 Å². The Morgan fingerprint density at radius 3 is 2.50 bits per heavy atom. The first-order valence-corrected chi connectivity index (χ1v) is 8.67. The molecule has 0 radical (unpaired) electrons. The molecule has 1 aliphatic heterocycles. The first-order chi connectivity index (χ1) is 10.7. The van der Waals surface area contributed by atoms with Gasteiger partial charge in [0.05, 0.1) is 12.5 Å². The molecule has 1 saturated heterocycles. The van der Waals surface area contributed by atoms with E-state index in [0.717, 1.165) is 50.0 Å². The Labute approximate surface area is 134 Å². The fourth-order valence-electron chi connectivity index (χ4n) is 2.85. The molecule has 0 amide bonds. The zero-order valence-corrected chi connectivity index (χ0v) is 13.8. The van der Waals surface area contributed by atoms with Gasteiger partial charge in [0.25, 0.3) is 0 Å². The van der Waals surface area contributed by atoms with Crippen molar-refractivity contribution in [3.63, 3.8) is 0 Å². The van der Waals surface area contributed by atoms with Gasteiger partial charge in [-0.2, -0.15) is 0 Å². The molecular formula is C19H28O3. The van der Waals surface area contributed by atoms with E-state index in [1.165, 1.54) is 12.8 Å². The van der Waals surface area contributed by atoms with Crippen molar-refractivity contribution in [1.82, 2.24) is 0 Å². The van der Waals surface area contributed by atoms with Crippen LogP contribution in [0.5, 0.6) is 5.75 Å². The molecule has 1 fully saturated rings. The first kappa shape index (κ1) is 16.9. The number of rotatable bonds is 9. The maximum atomic E-state index is 11.9. The van der Waals surface area contributed by atoms with Crippen molar-refractivity contribution < 1.29 is 14.3 Å². The Bertz CT molecular complexity index is 452. The largest absolute Gasteiger partial charge is 0.494 e. The van der Waals surface area contributed by atoms with Gasteiger partial charge in [-0.05, 0) is 30.5 Å². The van der Waals surface area contributed by atoms with E-state index in [2.05, 4.69) is 13.8 Å². The van der Waals surface area contributed by atoms with Gasteiger partial charge < -0.3 is 9.47 Å². The number of carbonyl (C=O) groups is 1. The highest BCUT2D eigenvalue weighted by atomic mass is 16.6. The number of esters is 1. The van der Waals surface area contributed by atoms with Crippen molar-refractivity contribution in [2.75, 3.05) is 6.61 Å². The zero-order valence-electron chi connectivity index (χ0n) is 13.8. The van der Waals surface area contributed by atoms with Crippen LogP contribution in [-0.4, -0.2) is 12.6 Å². The third-order valence-corrected chi connectivity index (χ3v) is 4.26. The SMILES string of the molecule is CCCCCOc1ccc(C2CC(CCCC)C(=O)O2)cc1. The molecule has 22 heavy (non-hydrogen) atoms. The molecule has 2 unspecified atom stereocenters. The molecule has 2 rings (SSSR count). The molecular weight excluding hydrogens is 276 g/mol. The molecule has 3 nitrogen and oxygen atoms in total. The Hall–Kier alpha value is -1.51. The van der Waals surface area contributed by atoms with Crippen molar-refractivity contribution in [3.05, 3.63) is 29.8 Å². The van der Waals surface area contributed by atoms with Crippen molar-refractivity contribution >= 4 is 5.97 Å². The lowest BCUT2D eigenvalue weighted by atomic mass is 9.96. The van der Waals surface area contributed by atoms with Crippen LogP contribution in [0.25, 0.3) is 0 Å². The van der Waals surface area contributed by atoms with E-state index in [0.29, 0.717) is 0 Å². The number of hydrogen-bond donors (Lipinski definition) is 0. The van der Waals surface area contributed by atoms with Crippen LogP contribution in [0.3, 0.4) is 0 Å². The average molecular weight is 304 g/mol. The van der Waals surface area contributed by atoms with E-state index in [1.807, 2.05) is 24.3 Å². The smallest absolute Gasteiger partial charge is 0.309 e. The molecule has 0 aromatic heterocycles. The van der Waals surface area contributed by atoms with Crippen molar-refractivity contribution in [1.29, 1.82) is 0 Å². The maximum absolute atomic E-state index is 11.9. The summed E-state index contributed by atoms with van der Waals surface area (Å²) in [5.74, 6) is 0.944. The van der Waals surface area contributed by atoms with Gasteiger partial charge in [-0.25, -0.2) is 0 Å². The Balaban J connectivity index is 1.84. The Morgan fingerprint density at radius 1 is 1.09 bits per heavy atom. The molecule has 0 aliphatic carbocycles. The monoisotopic (exact) mass is 304 g/mol. The predicted octanol–water partition coefficient (Wildman–Crippen LogP) is 5.05. The van der Waals surface area contributed by atoms with Crippen molar-refractivity contribution in [2.24, 2.45) is 5.92 Å². The van der Waals surface area contributed by atoms with Crippen LogP contribution in [0.4, 0.5) is 0 Å². The normalized spacial score (nSPS) is 20.9. The number of unbranched alkanes of at least 4 members (excludes halogenated alkanes) is 3. The number of carbonyl (C=O) groups excluding carboxylic acids is 1. The van der Waals surface area contributed by atoms with E-state index in [-0.39, 0.29) is 18.0 Å². The predicted molar refractivity (Wildman–Crippen MR) is 87.9 cm³/mol. The summed E-state index contributed by atoms with van der Waals surface area (Å²) >= 11 is 0. The summed E-state index contributed by atoms with van der Waals surface area (Å²) in [5, 5.41) is 0. The fourth-order valence-corrected chi connectivity index (χ4v) is 2.85. The van der Waals surface area contributed by atoms with Gasteiger partial charge in [0.2, 0.25) is 0 Å². The summed E-state index contributed by atoms with van der Waals surface area (Å²) in [5.41, 5.74) is 1.08. The lowest BCUT2D eigenvalue weighted by Crippen LogP contribution is -2.06. The van der Waals surface area contributed by atoms with E-state index < -0.39 is 0 Å². The number of hydrogen-bond acceptors (Lipinski definition) is 3. The van der Waals surface area contributed by atoms with Gasteiger partial charge in [-0.3, -0.25) is 4.79 Å². The van der Waals surface area contributed by atoms with Crippen molar-refractivity contribution in [2.45, 2.75) is 64.9 Å². The van der Waals surface area contributed by atoms with Crippen LogP contribution in [0.1, 0.15) is 70.5 Å². The molecule has 2 atom stereocenters. The standard InChI is InChI=1S/C19H28O3/c1-3-5-7-13-21-17-11-9-15(10-12-17)18-14-16(8-6-4-2)19(20)22-18/h9-12,16,18H,3-8,13-14H2,1-2H3. The van der Waals surface area contributed by atoms with E-state index >= 15 is 0 Å². The second kappa shape index (κ2) is 8.82. The van der Waals surface area contributed by atoms with Gasteiger partial charge >= 0.3 is 5.97 Å². The van der Waals surface area contributed by atoms with Gasteiger partial charge in [-0.15, -0.1) is 0 Å². The third kappa shape index (κ3) is 4.75. The van der Waals surface area contributed by atoms with Crippen LogP contribution < -0.4 is 4.74 Å².